The second kappa shape index (κ2) is 9.27. The molecule has 1 aromatic carbocycles. The summed E-state index contributed by atoms with van der Waals surface area (Å²) in [5.41, 5.74) is 2.02. The zero-order valence-electron chi connectivity index (χ0n) is 18.9. The molecule has 2 aliphatic rings. The maximum atomic E-state index is 13.4. The number of hydrogen-bond acceptors (Lipinski definition) is 8. The number of piperazine rings is 1. The molecule has 0 saturated carbocycles. The maximum Gasteiger partial charge on any atom is 0.253 e. The average Bonchev–Trinajstić information content (AvgIpc) is 3.59. The number of rotatable bonds is 5. The van der Waals surface area contributed by atoms with Crippen molar-refractivity contribution in [2.24, 2.45) is 0 Å². The highest BCUT2D eigenvalue weighted by Gasteiger charge is 2.42. The molecular formula is C22H25ClN4O4S3. The molecule has 1 unspecified atom stereocenters. The van der Waals surface area contributed by atoms with Crippen LogP contribution in [0.1, 0.15) is 18.4 Å². The number of thiazole rings is 1. The predicted molar refractivity (Wildman–Crippen MR) is 136 cm³/mol. The lowest BCUT2D eigenvalue weighted by atomic mass is 10.2. The molecule has 12 heteroatoms. The van der Waals surface area contributed by atoms with Crippen LogP contribution in [0.25, 0.3) is 10.2 Å². The first-order valence-corrected chi connectivity index (χ1v) is 14.5. The molecular weight excluding hydrogens is 516 g/mol. The number of sulfonamides is 1. The number of methoxy groups -OCH3 is 1. The number of carbonyl (C=O) groups is 1. The lowest BCUT2D eigenvalue weighted by Gasteiger charge is -2.37. The van der Waals surface area contributed by atoms with Gasteiger partial charge in [0.1, 0.15) is 21.5 Å². The number of halogens is 1. The number of amides is 1. The Bertz CT molecular complexity index is 1330. The van der Waals surface area contributed by atoms with Crippen molar-refractivity contribution >= 4 is 65.6 Å². The van der Waals surface area contributed by atoms with Crippen LogP contribution in [0.15, 0.2) is 28.5 Å². The minimum absolute atomic E-state index is 0.120. The molecule has 0 aliphatic carbocycles. The summed E-state index contributed by atoms with van der Waals surface area (Å²) in [4.78, 5) is 22.1. The zero-order chi connectivity index (χ0) is 24.0. The van der Waals surface area contributed by atoms with E-state index in [1.54, 1.807) is 29.4 Å². The summed E-state index contributed by atoms with van der Waals surface area (Å²) in [5, 5.41) is 0.911. The molecule has 2 saturated heterocycles. The number of ether oxygens (including phenoxy) is 1. The van der Waals surface area contributed by atoms with Gasteiger partial charge in [0, 0.05) is 32.7 Å². The number of benzene rings is 1. The fourth-order valence-electron chi connectivity index (χ4n) is 4.55. The van der Waals surface area contributed by atoms with Crippen molar-refractivity contribution in [3.8, 4) is 5.75 Å². The van der Waals surface area contributed by atoms with E-state index in [9.17, 15) is 13.2 Å². The van der Waals surface area contributed by atoms with Gasteiger partial charge >= 0.3 is 0 Å². The summed E-state index contributed by atoms with van der Waals surface area (Å²) >= 11 is 8.61. The summed E-state index contributed by atoms with van der Waals surface area (Å²) in [6.45, 7) is 4.76. The number of anilines is 1. The predicted octanol–water partition coefficient (Wildman–Crippen LogP) is 3.83. The second-order valence-corrected chi connectivity index (χ2v) is 13.2. The van der Waals surface area contributed by atoms with Crippen LogP contribution in [0.3, 0.4) is 0 Å². The Hall–Kier alpha value is -1.92. The fourth-order valence-corrected chi connectivity index (χ4v) is 8.92. The molecule has 182 valence electrons. The Morgan fingerprint density at radius 2 is 1.88 bits per heavy atom. The number of fused-ring (bicyclic) bond motifs is 1. The Morgan fingerprint density at radius 3 is 2.56 bits per heavy atom. The van der Waals surface area contributed by atoms with E-state index in [2.05, 4.69) is 11.8 Å². The van der Waals surface area contributed by atoms with E-state index in [1.807, 2.05) is 12.1 Å². The Balaban J connectivity index is 1.29. The van der Waals surface area contributed by atoms with Gasteiger partial charge in [0.25, 0.3) is 10.0 Å². The van der Waals surface area contributed by atoms with Crippen LogP contribution in [-0.2, 0) is 14.8 Å². The topological polar surface area (TPSA) is 83.0 Å². The van der Waals surface area contributed by atoms with Gasteiger partial charge in [-0.05, 0) is 43.5 Å². The minimum Gasteiger partial charge on any atom is -0.494 e. The second-order valence-electron chi connectivity index (χ2n) is 8.40. The maximum absolute atomic E-state index is 13.4. The van der Waals surface area contributed by atoms with Crippen molar-refractivity contribution in [1.82, 2.24) is 14.2 Å². The van der Waals surface area contributed by atoms with Gasteiger partial charge in [0.2, 0.25) is 5.91 Å². The van der Waals surface area contributed by atoms with Crippen molar-refractivity contribution in [2.75, 3.05) is 44.7 Å². The Kier molecular flexibility index (Phi) is 6.49. The van der Waals surface area contributed by atoms with Crippen molar-refractivity contribution in [3.05, 3.63) is 34.2 Å². The normalized spacial score (nSPS) is 19.8. The lowest BCUT2D eigenvalue weighted by molar-refractivity contribution is -0.134. The van der Waals surface area contributed by atoms with Gasteiger partial charge in [-0.25, -0.2) is 13.4 Å². The van der Waals surface area contributed by atoms with Crippen LogP contribution in [0, 0.1) is 6.92 Å². The van der Waals surface area contributed by atoms with E-state index in [1.165, 1.54) is 10.4 Å². The fraction of sp³-hybridized carbons (Fsp3) is 0.455. The summed E-state index contributed by atoms with van der Waals surface area (Å²) in [6.07, 6.45) is 1.20. The SMILES string of the molecule is COc1ccc(C)c2sc(N3CCN(C(=O)C4CCCN4S(=O)(=O)c4ccc(Cl)s4)CC3)nc12. The number of thiophene rings is 1. The lowest BCUT2D eigenvalue weighted by Crippen LogP contribution is -2.54. The molecule has 34 heavy (non-hydrogen) atoms. The van der Waals surface area contributed by atoms with Crippen molar-refractivity contribution in [1.29, 1.82) is 0 Å². The largest absolute Gasteiger partial charge is 0.494 e. The first-order valence-electron chi connectivity index (χ1n) is 11.0. The number of carbonyl (C=O) groups excluding carboxylic acids is 1. The van der Waals surface area contributed by atoms with Crippen LogP contribution in [0.5, 0.6) is 5.75 Å². The van der Waals surface area contributed by atoms with Crippen molar-refractivity contribution in [2.45, 2.75) is 30.0 Å². The molecule has 0 spiro atoms. The van der Waals surface area contributed by atoms with Gasteiger partial charge in [-0.1, -0.05) is 29.0 Å². The van der Waals surface area contributed by atoms with E-state index in [4.69, 9.17) is 21.3 Å². The molecule has 2 aromatic heterocycles. The van der Waals surface area contributed by atoms with Gasteiger partial charge in [-0.3, -0.25) is 4.79 Å². The zero-order valence-corrected chi connectivity index (χ0v) is 22.1. The van der Waals surface area contributed by atoms with Gasteiger partial charge in [-0.2, -0.15) is 4.31 Å². The highest BCUT2D eigenvalue weighted by atomic mass is 35.5. The van der Waals surface area contributed by atoms with Crippen molar-refractivity contribution in [3.63, 3.8) is 0 Å². The quantitative estimate of drug-likeness (QED) is 0.489. The molecule has 4 heterocycles. The summed E-state index contributed by atoms with van der Waals surface area (Å²) in [5.74, 6) is 0.636. The third-order valence-corrected chi connectivity index (χ3v) is 11.2. The monoisotopic (exact) mass is 540 g/mol. The van der Waals surface area contributed by atoms with Crippen LogP contribution in [0.4, 0.5) is 5.13 Å². The van der Waals surface area contributed by atoms with E-state index < -0.39 is 16.1 Å². The van der Waals surface area contributed by atoms with Crippen LogP contribution >= 0.6 is 34.3 Å². The van der Waals surface area contributed by atoms with Crippen LogP contribution in [-0.4, -0.2) is 74.4 Å². The first kappa shape index (κ1) is 23.8. The van der Waals surface area contributed by atoms with Gasteiger partial charge in [0.15, 0.2) is 5.13 Å². The molecule has 3 aromatic rings. The minimum atomic E-state index is -3.74. The highest BCUT2D eigenvalue weighted by Crippen LogP contribution is 2.37. The molecule has 0 radical (unpaired) electrons. The first-order chi connectivity index (χ1) is 16.3. The molecule has 5 rings (SSSR count). The van der Waals surface area contributed by atoms with Gasteiger partial charge < -0.3 is 14.5 Å². The molecule has 1 atom stereocenters. The summed E-state index contributed by atoms with van der Waals surface area (Å²) in [7, 11) is -2.09. The van der Waals surface area contributed by atoms with E-state index in [0.29, 0.717) is 49.9 Å². The van der Waals surface area contributed by atoms with E-state index in [-0.39, 0.29) is 10.1 Å². The smallest absolute Gasteiger partial charge is 0.253 e. The average molecular weight is 541 g/mol. The van der Waals surface area contributed by atoms with Gasteiger partial charge in [0.05, 0.1) is 16.1 Å². The molecule has 2 aliphatic heterocycles. The third-order valence-electron chi connectivity index (χ3n) is 6.37. The number of aryl methyl sites for hydroxylation is 1. The van der Waals surface area contributed by atoms with Crippen LogP contribution < -0.4 is 9.64 Å². The summed E-state index contributed by atoms with van der Waals surface area (Å²) < 4.78 is 34.8. The standard InChI is InChI=1S/C22H25ClN4O4S3/c1-14-5-6-16(31-2)19-20(14)33-22(24-19)26-12-10-25(11-13-26)21(28)15-4-3-9-27(15)34(29,30)18-8-7-17(23)32-18/h5-8,15H,3-4,9-13H2,1-2H3. The van der Waals surface area contributed by atoms with Crippen LogP contribution in [0.2, 0.25) is 4.34 Å². The third kappa shape index (κ3) is 4.17. The Morgan fingerprint density at radius 1 is 1.12 bits per heavy atom. The van der Waals surface area contributed by atoms with Gasteiger partial charge in [-0.15, -0.1) is 11.3 Å². The van der Waals surface area contributed by atoms with E-state index in [0.717, 1.165) is 38.0 Å². The summed E-state index contributed by atoms with van der Waals surface area (Å²) in [6, 6.07) is 6.39. The molecule has 2 fully saturated rings. The number of hydrogen-bond donors (Lipinski definition) is 0. The molecule has 8 nitrogen and oxygen atoms in total. The molecule has 1 amide bonds. The Labute approximate surface area is 211 Å². The number of aromatic nitrogens is 1. The molecule has 0 bridgehead atoms. The highest BCUT2D eigenvalue weighted by molar-refractivity contribution is 7.91. The molecule has 0 N–H and O–H groups in total. The number of nitrogens with zero attached hydrogens (tertiary/aromatic N) is 4. The van der Waals surface area contributed by atoms with E-state index >= 15 is 0 Å². The van der Waals surface area contributed by atoms with Crippen molar-refractivity contribution < 1.29 is 17.9 Å².